The Hall–Kier alpha value is -2.00. The second-order valence-corrected chi connectivity index (χ2v) is 6.31. The van der Waals surface area contributed by atoms with Crippen molar-refractivity contribution in [3.8, 4) is 0 Å². The van der Waals surface area contributed by atoms with Gasteiger partial charge >= 0.3 is 5.69 Å². The van der Waals surface area contributed by atoms with Gasteiger partial charge in [0, 0.05) is 32.2 Å². The fourth-order valence-corrected chi connectivity index (χ4v) is 2.53. The quantitative estimate of drug-likeness (QED) is 0.554. The van der Waals surface area contributed by atoms with Gasteiger partial charge < -0.3 is 9.64 Å². The molecule has 1 fully saturated rings. The molecule has 2 rings (SSSR count). The molecule has 1 aromatic rings. The Labute approximate surface area is 134 Å². The third-order valence-electron chi connectivity index (χ3n) is 4.12. The van der Waals surface area contributed by atoms with Crippen molar-refractivity contribution in [3.05, 3.63) is 22.5 Å². The van der Waals surface area contributed by atoms with E-state index in [0.29, 0.717) is 13.2 Å². The van der Waals surface area contributed by atoms with Crippen LogP contribution >= 0.6 is 0 Å². The number of ether oxygens (including phenoxy) is 1. The molecule has 1 saturated heterocycles. The Balaban J connectivity index is 1.94. The van der Waals surface area contributed by atoms with E-state index in [1.54, 1.807) is 11.9 Å². The molecule has 0 bridgehead atoms. The average Bonchev–Trinajstić information content (AvgIpc) is 2.95. The van der Waals surface area contributed by atoms with Gasteiger partial charge in [-0.25, -0.2) is 0 Å². The number of nitrogens with zero attached hydrogens (tertiary/aromatic N) is 5. The van der Waals surface area contributed by atoms with E-state index >= 15 is 0 Å². The van der Waals surface area contributed by atoms with Crippen LogP contribution in [0.1, 0.15) is 13.8 Å². The molecule has 1 amide bonds. The van der Waals surface area contributed by atoms with Crippen molar-refractivity contribution in [3.63, 3.8) is 0 Å². The Bertz CT molecular complexity index is 565. The average molecular weight is 325 g/mol. The number of morpholine rings is 1. The van der Waals surface area contributed by atoms with Crippen LogP contribution in [0.2, 0.25) is 0 Å². The lowest BCUT2D eigenvalue weighted by molar-refractivity contribution is -0.385. The minimum absolute atomic E-state index is 0.0170. The number of nitro groups is 1. The monoisotopic (exact) mass is 325 g/mol. The van der Waals surface area contributed by atoms with Crippen molar-refractivity contribution >= 4 is 11.6 Å². The molecule has 0 aromatic carbocycles. The molecule has 0 aliphatic carbocycles. The molecular weight excluding hydrogens is 302 g/mol. The summed E-state index contributed by atoms with van der Waals surface area (Å²) in [5, 5.41) is 14.5. The summed E-state index contributed by atoms with van der Waals surface area (Å²) in [5.74, 6) is -0.138. The second-order valence-electron chi connectivity index (χ2n) is 6.31. The van der Waals surface area contributed by atoms with E-state index in [1.165, 1.54) is 10.9 Å². The number of carbonyl (C=O) groups is 1. The first kappa shape index (κ1) is 17.4. The second kappa shape index (κ2) is 7.05. The number of rotatable bonds is 6. The minimum Gasteiger partial charge on any atom is -0.379 e. The van der Waals surface area contributed by atoms with Crippen molar-refractivity contribution < 1.29 is 14.5 Å². The van der Waals surface area contributed by atoms with E-state index in [9.17, 15) is 14.9 Å². The highest BCUT2D eigenvalue weighted by Crippen LogP contribution is 2.16. The molecule has 128 valence electrons. The van der Waals surface area contributed by atoms with Gasteiger partial charge in [0.05, 0.1) is 18.1 Å². The molecule has 9 heteroatoms. The number of amides is 1. The van der Waals surface area contributed by atoms with Gasteiger partial charge in [-0.05, 0) is 13.8 Å². The summed E-state index contributed by atoms with van der Waals surface area (Å²) in [5.41, 5.74) is -0.471. The largest absolute Gasteiger partial charge is 0.379 e. The fraction of sp³-hybridized carbons (Fsp3) is 0.714. The van der Waals surface area contributed by atoms with E-state index in [4.69, 9.17) is 4.74 Å². The third kappa shape index (κ3) is 4.49. The zero-order valence-corrected chi connectivity index (χ0v) is 13.8. The number of hydrogen-bond donors (Lipinski definition) is 0. The summed E-state index contributed by atoms with van der Waals surface area (Å²) in [4.78, 5) is 26.5. The number of aromatic nitrogens is 2. The molecule has 1 aromatic heterocycles. The first-order valence-electron chi connectivity index (χ1n) is 7.53. The van der Waals surface area contributed by atoms with Crippen LogP contribution in [0, 0.1) is 10.1 Å². The van der Waals surface area contributed by atoms with E-state index in [0.717, 1.165) is 25.8 Å². The molecule has 0 radical (unpaired) electrons. The van der Waals surface area contributed by atoms with Crippen LogP contribution in [0.5, 0.6) is 0 Å². The molecule has 9 nitrogen and oxygen atoms in total. The highest BCUT2D eigenvalue weighted by atomic mass is 16.6. The van der Waals surface area contributed by atoms with Gasteiger partial charge in [0.15, 0.2) is 0 Å². The molecule has 0 spiro atoms. The van der Waals surface area contributed by atoms with E-state index in [-0.39, 0.29) is 23.7 Å². The molecule has 1 aliphatic rings. The van der Waals surface area contributed by atoms with Gasteiger partial charge in [-0.3, -0.25) is 24.5 Å². The summed E-state index contributed by atoms with van der Waals surface area (Å²) >= 11 is 0. The van der Waals surface area contributed by atoms with Crippen LogP contribution in [0.25, 0.3) is 0 Å². The van der Waals surface area contributed by atoms with Gasteiger partial charge in [0.2, 0.25) is 5.91 Å². The molecule has 0 unspecified atom stereocenters. The standard InChI is InChI=1S/C14H23N5O4/c1-14(2,11-17-4-6-23-7-5-17)16(3)13(20)10-18-9-12(8-15-18)19(21)22/h8-9H,4-7,10-11H2,1-3H3. The SMILES string of the molecule is CN(C(=O)Cn1cc([N+](=O)[O-])cn1)C(C)(C)CN1CCOCC1. The van der Waals surface area contributed by atoms with Crippen molar-refractivity contribution in [2.75, 3.05) is 39.9 Å². The third-order valence-corrected chi connectivity index (χ3v) is 4.12. The molecule has 0 saturated carbocycles. The van der Waals surface area contributed by atoms with Gasteiger partial charge in [-0.15, -0.1) is 0 Å². The lowest BCUT2D eigenvalue weighted by atomic mass is 10.0. The van der Waals surface area contributed by atoms with E-state index in [1.807, 2.05) is 13.8 Å². The van der Waals surface area contributed by atoms with E-state index < -0.39 is 4.92 Å². The first-order valence-corrected chi connectivity index (χ1v) is 7.53. The topological polar surface area (TPSA) is 93.7 Å². The summed E-state index contributed by atoms with van der Waals surface area (Å²) < 4.78 is 6.63. The van der Waals surface area contributed by atoms with Gasteiger partial charge in [0.1, 0.15) is 18.9 Å². The van der Waals surface area contributed by atoms with Crippen LogP contribution in [0.15, 0.2) is 12.4 Å². The highest BCUT2D eigenvalue weighted by Gasteiger charge is 2.30. The van der Waals surface area contributed by atoms with Crippen molar-refractivity contribution in [2.24, 2.45) is 0 Å². The number of likely N-dealkylation sites (N-methyl/N-ethyl adjacent to an activating group) is 1. The van der Waals surface area contributed by atoms with Gasteiger partial charge in [0.25, 0.3) is 0 Å². The van der Waals surface area contributed by atoms with Crippen LogP contribution in [-0.2, 0) is 16.1 Å². The van der Waals surface area contributed by atoms with Crippen molar-refractivity contribution in [1.29, 1.82) is 0 Å². The lowest BCUT2D eigenvalue weighted by Gasteiger charge is -2.40. The number of hydrogen-bond acceptors (Lipinski definition) is 6. The Morgan fingerprint density at radius 3 is 2.70 bits per heavy atom. The molecule has 1 aliphatic heterocycles. The van der Waals surface area contributed by atoms with Crippen LogP contribution in [-0.4, -0.2) is 75.8 Å². The fourth-order valence-electron chi connectivity index (χ4n) is 2.53. The highest BCUT2D eigenvalue weighted by molar-refractivity contribution is 5.76. The molecule has 0 atom stereocenters. The Morgan fingerprint density at radius 2 is 2.13 bits per heavy atom. The van der Waals surface area contributed by atoms with Crippen molar-refractivity contribution in [2.45, 2.75) is 25.9 Å². The van der Waals surface area contributed by atoms with Crippen LogP contribution < -0.4 is 0 Å². The van der Waals surface area contributed by atoms with Crippen LogP contribution in [0.3, 0.4) is 0 Å². The zero-order valence-electron chi connectivity index (χ0n) is 13.8. The summed E-state index contributed by atoms with van der Waals surface area (Å²) in [6, 6.07) is 0. The Kier molecular flexibility index (Phi) is 5.32. The summed E-state index contributed by atoms with van der Waals surface area (Å²) in [6.45, 7) is 7.88. The molecule has 2 heterocycles. The maximum absolute atomic E-state index is 12.4. The van der Waals surface area contributed by atoms with Gasteiger partial charge in [-0.1, -0.05) is 0 Å². The van der Waals surface area contributed by atoms with E-state index in [2.05, 4.69) is 10.00 Å². The predicted octanol–water partition coefficient (Wildman–Crippen LogP) is 0.361. The van der Waals surface area contributed by atoms with Crippen LogP contribution in [0.4, 0.5) is 5.69 Å². The normalized spacial score (nSPS) is 16.3. The zero-order chi connectivity index (χ0) is 17.0. The molecule has 0 N–H and O–H groups in total. The molecule has 23 heavy (non-hydrogen) atoms. The minimum atomic E-state index is -0.528. The first-order chi connectivity index (χ1) is 10.8. The maximum Gasteiger partial charge on any atom is 0.307 e. The maximum atomic E-state index is 12.4. The van der Waals surface area contributed by atoms with Gasteiger partial charge in [-0.2, -0.15) is 5.10 Å². The van der Waals surface area contributed by atoms with Crippen molar-refractivity contribution in [1.82, 2.24) is 19.6 Å². The smallest absolute Gasteiger partial charge is 0.307 e. The predicted molar refractivity (Wildman–Crippen MR) is 83.0 cm³/mol. The lowest BCUT2D eigenvalue weighted by Crippen LogP contribution is -2.54. The summed E-state index contributed by atoms with van der Waals surface area (Å²) in [6.07, 6.45) is 2.41. The number of carbonyl (C=O) groups excluding carboxylic acids is 1. The Morgan fingerprint density at radius 1 is 1.48 bits per heavy atom. The summed E-state index contributed by atoms with van der Waals surface area (Å²) in [7, 11) is 1.75. The molecular formula is C14H23N5O4.